The highest BCUT2D eigenvalue weighted by molar-refractivity contribution is 5.92. The van der Waals surface area contributed by atoms with Crippen molar-refractivity contribution in [3.8, 4) is 23.3 Å². The van der Waals surface area contributed by atoms with Crippen molar-refractivity contribution >= 4 is 23.6 Å². The van der Waals surface area contributed by atoms with Gasteiger partial charge in [0, 0.05) is 24.3 Å². The van der Waals surface area contributed by atoms with Gasteiger partial charge in [-0.3, -0.25) is 9.59 Å². The maximum atomic E-state index is 11.9. The van der Waals surface area contributed by atoms with Gasteiger partial charge in [-0.05, 0) is 48.0 Å². The number of hydrogen-bond donors (Lipinski definition) is 2. The average Bonchev–Trinajstić information content (AvgIpc) is 2.70. The van der Waals surface area contributed by atoms with E-state index in [9.17, 15) is 9.59 Å². The molecule has 2 amide bonds. The summed E-state index contributed by atoms with van der Waals surface area (Å²) in [5.41, 5.74) is 2.33. The molecule has 0 saturated carbocycles. The Labute approximate surface area is 164 Å². The molecule has 2 rings (SSSR count). The number of carbonyl (C=O) groups is 2. The van der Waals surface area contributed by atoms with Crippen molar-refractivity contribution in [3.05, 3.63) is 59.7 Å². The molecule has 0 fully saturated rings. The Hall–Kier alpha value is -3.72. The van der Waals surface area contributed by atoms with E-state index >= 15 is 0 Å². The first-order valence-corrected chi connectivity index (χ1v) is 8.56. The Balaban J connectivity index is 1.85. The largest absolute Gasteiger partial charge is 0.493 e. The highest BCUT2D eigenvalue weighted by Gasteiger charge is 2.03. The summed E-state index contributed by atoms with van der Waals surface area (Å²) in [4.78, 5) is 22.9. The standard InChI is InChI=1S/C22H22N2O4/c1-16(25)24-19-10-6-17(7-11-19)5-4-14-23-22(26)13-9-18-8-12-20(27-2)21(15-18)28-3/h6-13,15H,14H2,1-3H3,(H,23,26)(H,24,25)/b13-9+. The van der Waals surface area contributed by atoms with E-state index in [0.29, 0.717) is 17.2 Å². The Bertz CT molecular complexity index is 922. The molecule has 2 N–H and O–H groups in total. The molecule has 0 atom stereocenters. The van der Waals surface area contributed by atoms with Crippen LogP contribution in [-0.2, 0) is 9.59 Å². The molecule has 2 aromatic rings. The molecule has 0 spiro atoms. The van der Waals surface area contributed by atoms with Crippen molar-refractivity contribution in [2.45, 2.75) is 6.92 Å². The second kappa shape index (κ2) is 10.4. The summed E-state index contributed by atoms with van der Waals surface area (Å²) in [6.07, 6.45) is 3.12. The van der Waals surface area contributed by atoms with Crippen LogP contribution in [0.25, 0.3) is 6.08 Å². The van der Waals surface area contributed by atoms with Crippen LogP contribution in [0.5, 0.6) is 11.5 Å². The molecule has 6 nitrogen and oxygen atoms in total. The third-order valence-corrected chi connectivity index (χ3v) is 3.62. The van der Waals surface area contributed by atoms with Crippen molar-refractivity contribution < 1.29 is 19.1 Å². The number of hydrogen-bond acceptors (Lipinski definition) is 4. The fourth-order valence-corrected chi connectivity index (χ4v) is 2.31. The van der Waals surface area contributed by atoms with Gasteiger partial charge in [-0.25, -0.2) is 0 Å². The monoisotopic (exact) mass is 378 g/mol. The lowest BCUT2D eigenvalue weighted by atomic mass is 10.2. The van der Waals surface area contributed by atoms with E-state index < -0.39 is 0 Å². The predicted molar refractivity (Wildman–Crippen MR) is 109 cm³/mol. The number of ether oxygens (including phenoxy) is 2. The lowest BCUT2D eigenvalue weighted by molar-refractivity contribution is -0.116. The Morgan fingerprint density at radius 3 is 2.39 bits per heavy atom. The van der Waals surface area contributed by atoms with Crippen LogP contribution in [0.4, 0.5) is 5.69 Å². The molecule has 0 aliphatic carbocycles. The van der Waals surface area contributed by atoms with Crippen LogP contribution < -0.4 is 20.1 Å². The molecule has 0 aliphatic heterocycles. The summed E-state index contributed by atoms with van der Waals surface area (Å²) in [5, 5.41) is 5.39. The summed E-state index contributed by atoms with van der Waals surface area (Å²) in [5.74, 6) is 6.69. The lowest BCUT2D eigenvalue weighted by Crippen LogP contribution is -2.20. The number of methoxy groups -OCH3 is 2. The first kappa shape index (κ1) is 20.6. The molecular formula is C22H22N2O4. The van der Waals surface area contributed by atoms with Crippen LogP contribution in [0.2, 0.25) is 0 Å². The highest BCUT2D eigenvalue weighted by atomic mass is 16.5. The zero-order chi connectivity index (χ0) is 20.4. The Morgan fingerprint density at radius 1 is 1.04 bits per heavy atom. The van der Waals surface area contributed by atoms with Gasteiger partial charge in [-0.2, -0.15) is 0 Å². The van der Waals surface area contributed by atoms with Gasteiger partial charge in [0.1, 0.15) is 0 Å². The van der Waals surface area contributed by atoms with E-state index in [1.165, 1.54) is 13.0 Å². The van der Waals surface area contributed by atoms with E-state index in [1.807, 2.05) is 6.07 Å². The fourth-order valence-electron chi connectivity index (χ4n) is 2.31. The topological polar surface area (TPSA) is 76.7 Å². The number of nitrogens with one attached hydrogen (secondary N) is 2. The van der Waals surface area contributed by atoms with Crippen LogP contribution in [0.15, 0.2) is 48.5 Å². The van der Waals surface area contributed by atoms with Gasteiger partial charge >= 0.3 is 0 Å². The normalized spacial score (nSPS) is 9.96. The van der Waals surface area contributed by atoms with E-state index in [1.54, 1.807) is 56.7 Å². The summed E-state index contributed by atoms with van der Waals surface area (Å²) in [7, 11) is 3.13. The minimum absolute atomic E-state index is 0.123. The zero-order valence-corrected chi connectivity index (χ0v) is 16.0. The highest BCUT2D eigenvalue weighted by Crippen LogP contribution is 2.27. The van der Waals surface area contributed by atoms with Gasteiger partial charge in [0.05, 0.1) is 20.8 Å². The number of amides is 2. The molecule has 0 saturated heterocycles. The van der Waals surface area contributed by atoms with Crippen molar-refractivity contribution in [2.24, 2.45) is 0 Å². The number of anilines is 1. The minimum Gasteiger partial charge on any atom is -0.493 e. The molecule has 2 aromatic carbocycles. The van der Waals surface area contributed by atoms with E-state index in [0.717, 1.165) is 11.1 Å². The van der Waals surface area contributed by atoms with Gasteiger partial charge in [0.2, 0.25) is 11.8 Å². The van der Waals surface area contributed by atoms with Crippen molar-refractivity contribution in [1.82, 2.24) is 5.32 Å². The molecule has 0 aromatic heterocycles. The van der Waals surface area contributed by atoms with Gasteiger partial charge in [-0.15, -0.1) is 0 Å². The molecule has 0 heterocycles. The van der Waals surface area contributed by atoms with E-state index in [-0.39, 0.29) is 18.4 Å². The summed E-state index contributed by atoms with van der Waals surface area (Å²) < 4.78 is 10.4. The molecule has 144 valence electrons. The van der Waals surface area contributed by atoms with Gasteiger partial charge in [-0.1, -0.05) is 17.9 Å². The van der Waals surface area contributed by atoms with Crippen molar-refractivity contribution in [3.63, 3.8) is 0 Å². The quantitative estimate of drug-likeness (QED) is 0.599. The van der Waals surface area contributed by atoms with Crippen LogP contribution >= 0.6 is 0 Å². The van der Waals surface area contributed by atoms with Gasteiger partial charge in [0.25, 0.3) is 0 Å². The second-order valence-corrected chi connectivity index (χ2v) is 5.73. The minimum atomic E-state index is -0.245. The SMILES string of the molecule is COc1ccc(/C=C/C(=O)NCC#Cc2ccc(NC(C)=O)cc2)cc1OC. The average molecular weight is 378 g/mol. The molecule has 6 heteroatoms. The van der Waals surface area contributed by atoms with Crippen LogP contribution in [0.1, 0.15) is 18.1 Å². The summed E-state index contributed by atoms with van der Waals surface area (Å²) in [6, 6.07) is 12.5. The van der Waals surface area contributed by atoms with Crippen LogP contribution in [-0.4, -0.2) is 32.6 Å². The van der Waals surface area contributed by atoms with Crippen molar-refractivity contribution in [1.29, 1.82) is 0 Å². The van der Waals surface area contributed by atoms with E-state index in [2.05, 4.69) is 22.5 Å². The first-order valence-electron chi connectivity index (χ1n) is 8.56. The maximum absolute atomic E-state index is 11.9. The molecule has 0 aliphatic rings. The van der Waals surface area contributed by atoms with Gasteiger partial charge < -0.3 is 20.1 Å². The Kier molecular flexibility index (Phi) is 7.67. The third kappa shape index (κ3) is 6.54. The maximum Gasteiger partial charge on any atom is 0.244 e. The smallest absolute Gasteiger partial charge is 0.244 e. The van der Waals surface area contributed by atoms with Gasteiger partial charge in [0.15, 0.2) is 11.5 Å². The second-order valence-electron chi connectivity index (χ2n) is 5.73. The molecule has 0 unspecified atom stereocenters. The summed E-state index contributed by atoms with van der Waals surface area (Å²) in [6.45, 7) is 1.68. The first-order chi connectivity index (χ1) is 13.5. The lowest BCUT2D eigenvalue weighted by Gasteiger charge is -2.07. The van der Waals surface area contributed by atoms with Crippen LogP contribution in [0, 0.1) is 11.8 Å². The molecule has 0 radical (unpaired) electrons. The molecular weight excluding hydrogens is 356 g/mol. The zero-order valence-electron chi connectivity index (χ0n) is 16.0. The number of carbonyl (C=O) groups excluding carboxylic acids is 2. The fraction of sp³-hybridized carbons (Fsp3) is 0.182. The molecule has 28 heavy (non-hydrogen) atoms. The third-order valence-electron chi connectivity index (χ3n) is 3.62. The number of rotatable bonds is 6. The van der Waals surface area contributed by atoms with Crippen molar-refractivity contribution in [2.75, 3.05) is 26.1 Å². The Morgan fingerprint density at radius 2 is 1.75 bits per heavy atom. The summed E-state index contributed by atoms with van der Waals surface area (Å²) >= 11 is 0. The van der Waals surface area contributed by atoms with E-state index in [4.69, 9.17) is 9.47 Å². The van der Waals surface area contributed by atoms with Crippen LogP contribution in [0.3, 0.4) is 0 Å². The predicted octanol–water partition coefficient (Wildman–Crippen LogP) is 2.84. The number of benzene rings is 2. The molecule has 0 bridgehead atoms.